The van der Waals surface area contributed by atoms with E-state index in [-0.39, 0.29) is 16.7 Å². The van der Waals surface area contributed by atoms with Crippen LogP contribution < -0.4 is 5.32 Å². The van der Waals surface area contributed by atoms with Gasteiger partial charge in [-0.25, -0.2) is 0 Å². The Morgan fingerprint density at radius 3 is 2.08 bits per heavy atom. The summed E-state index contributed by atoms with van der Waals surface area (Å²) in [7, 11) is 0. The molecule has 1 aliphatic heterocycles. The van der Waals surface area contributed by atoms with Crippen LogP contribution in [0.1, 0.15) is 88.6 Å². The van der Waals surface area contributed by atoms with E-state index in [9.17, 15) is 9.90 Å². The van der Waals surface area contributed by atoms with Gasteiger partial charge in [-0.05, 0) is 85.4 Å². The first-order valence-corrected chi connectivity index (χ1v) is 13.4. The number of benzene rings is 2. The van der Waals surface area contributed by atoms with Crippen LogP contribution in [0.5, 0.6) is 5.75 Å². The van der Waals surface area contributed by atoms with E-state index >= 15 is 0 Å². The molecule has 0 spiro atoms. The van der Waals surface area contributed by atoms with Crippen LogP contribution in [0.25, 0.3) is 6.08 Å². The number of hydrogen-bond donors (Lipinski definition) is 2. The zero-order valence-electron chi connectivity index (χ0n) is 23.4. The molecular formula is C32H46N2O2. The topological polar surface area (TPSA) is 52.6 Å². The van der Waals surface area contributed by atoms with E-state index in [1.165, 1.54) is 24.0 Å². The Labute approximate surface area is 218 Å². The number of aromatic hydroxyl groups is 1. The molecule has 2 aromatic carbocycles. The number of phenolic OH excluding ortho intramolecular Hbond substituents is 1. The summed E-state index contributed by atoms with van der Waals surface area (Å²) in [6.07, 6.45) is 6.89. The van der Waals surface area contributed by atoms with Gasteiger partial charge in [-0.2, -0.15) is 0 Å². The molecule has 0 aliphatic carbocycles. The molecule has 1 saturated heterocycles. The summed E-state index contributed by atoms with van der Waals surface area (Å²) in [5, 5.41) is 14.0. The summed E-state index contributed by atoms with van der Waals surface area (Å²) in [5.74, 6) is 0.973. The Morgan fingerprint density at radius 1 is 1.00 bits per heavy atom. The first-order valence-electron chi connectivity index (χ1n) is 13.4. The zero-order chi connectivity index (χ0) is 26.5. The van der Waals surface area contributed by atoms with Crippen molar-refractivity contribution in [1.29, 1.82) is 0 Å². The summed E-state index contributed by atoms with van der Waals surface area (Å²) < 4.78 is 0. The van der Waals surface area contributed by atoms with Crippen LogP contribution in [0.4, 0.5) is 0 Å². The number of aryl methyl sites for hydroxylation is 1. The third-order valence-electron chi connectivity index (χ3n) is 7.26. The van der Waals surface area contributed by atoms with Crippen molar-refractivity contribution in [2.45, 2.75) is 85.1 Å². The fraction of sp³-hybridized carbons (Fsp3) is 0.531. The second-order valence-corrected chi connectivity index (χ2v) is 12.6. The van der Waals surface area contributed by atoms with E-state index in [1.807, 2.05) is 18.2 Å². The van der Waals surface area contributed by atoms with Crippen molar-refractivity contribution in [3.8, 4) is 5.75 Å². The highest BCUT2D eigenvalue weighted by atomic mass is 16.3. The number of phenols is 1. The Balaban J connectivity index is 1.48. The molecule has 0 saturated carbocycles. The van der Waals surface area contributed by atoms with Gasteiger partial charge in [0.25, 0.3) is 0 Å². The van der Waals surface area contributed by atoms with Gasteiger partial charge in [0.2, 0.25) is 5.91 Å². The van der Waals surface area contributed by atoms with Gasteiger partial charge in [-0.3, -0.25) is 9.69 Å². The van der Waals surface area contributed by atoms with Gasteiger partial charge in [0.05, 0.1) is 0 Å². The highest BCUT2D eigenvalue weighted by molar-refractivity contribution is 5.91. The van der Waals surface area contributed by atoms with Gasteiger partial charge in [0.15, 0.2) is 0 Å². The average Bonchev–Trinajstić information content (AvgIpc) is 2.79. The number of nitrogens with zero attached hydrogens (tertiary/aromatic N) is 1. The molecule has 2 N–H and O–H groups in total. The summed E-state index contributed by atoms with van der Waals surface area (Å²) in [6, 6.07) is 12.8. The van der Waals surface area contributed by atoms with Gasteiger partial charge < -0.3 is 10.4 Å². The highest BCUT2D eigenvalue weighted by Crippen LogP contribution is 2.40. The number of hydrogen-bond acceptors (Lipinski definition) is 3. The van der Waals surface area contributed by atoms with Crippen molar-refractivity contribution in [2.75, 3.05) is 19.6 Å². The second kappa shape index (κ2) is 11.6. The minimum Gasteiger partial charge on any atom is -0.507 e. The highest BCUT2D eigenvalue weighted by Gasteiger charge is 2.26. The van der Waals surface area contributed by atoms with E-state index in [2.05, 4.69) is 82.9 Å². The normalized spacial score (nSPS) is 16.0. The number of piperidine rings is 1. The molecule has 1 aliphatic rings. The van der Waals surface area contributed by atoms with E-state index in [0.29, 0.717) is 18.2 Å². The van der Waals surface area contributed by atoms with Crippen molar-refractivity contribution in [3.63, 3.8) is 0 Å². The number of likely N-dealkylation sites (tertiary alicyclic amines) is 1. The van der Waals surface area contributed by atoms with E-state index in [4.69, 9.17) is 0 Å². The second-order valence-electron chi connectivity index (χ2n) is 12.6. The van der Waals surface area contributed by atoms with Crippen LogP contribution in [-0.4, -0.2) is 35.5 Å². The van der Waals surface area contributed by atoms with Gasteiger partial charge in [-0.1, -0.05) is 71.4 Å². The predicted octanol–water partition coefficient (Wildman–Crippen LogP) is 6.73. The minimum absolute atomic E-state index is 0.0606. The lowest BCUT2D eigenvalue weighted by Gasteiger charge is -2.32. The van der Waals surface area contributed by atoms with Crippen molar-refractivity contribution in [3.05, 3.63) is 70.3 Å². The van der Waals surface area contributed by atoms with Crippen LogP contribution in [0.15, 0.2) is 42.5 Å². The summed E-state index contributed by atoms with van der Waals surface area (Å²) in [4.78, 5) is 15.1. The quantitative estimate of drug-likeness (QED) is 0.423. The van der Waals surface area contributed by atoms with Crippen LogP contribution in [-0.2, 0) is 22.2 Å². The van der Waals surface area contributed by atoms with E-state index in [1.54, 1.807) is 6.08 Å². The third-order valence-corrected chi connectivity index (χ3v) is 7.26. The zero-order valence-corrected chi connectivity index (χ0v) is 23.4. The van der Waals surface area contributed by atoms with Crippen molar-refractivity contribution >= 4 is 12.0 Å². The lowest BCUT2D eigenvalue weighted by molar-refractivity contribution is -0.116. The Kier molecular flexibility index (Phi) is 9.05. The minimum atomic E-state index is -0.189. The molecule has 4 heteroatoms. The van der Waals surface area contributed by atoms with Crippen LogP contribution in [0.3, 0.4) is 0 Å². The van der Waals surface area contributed by atoms with Gasteiger partial charge in [0, 0.05) is 30.3 Å². The number of carbonyl (C=O) groups excluding carboxylic acids is 1. The molecule has 1 amide bonds. The molecule has 0 aromatic heterocycles. The molecule has 2 aromatic rings. The molecule has 1 fully saturated rings. The Morgan fingerprint density at radius 2 is 1.56 bits per heavy atom. The summed E-state index contributed by atoms with van der Waals surface area (Å²) in [6.45, 7) is 18.7. The number of nitrogens with one attached hydrogen (secondary N) is 1. The molecule has 0 unspecified atom stereocenters. The van der Waals surface area contributed by atoms with Gasteiger partial charge in [0.1, 0.15) is 5.75 Å². The Hall–Kier alpha value is -2.59. The van der Waals surface area contributed by atoms with Gasteiger partial charge in [-0.15, -0.1) is 0 Å². The molecule has 1 heterocycles. The van der Waals surface area contributed by atoms with Gasteiger partial charge >= 0.3 is 0 Å². The lowest BCUT2D eigenvalue weighted by Crippen LogP contribution is -2.34. The monoisotopic (exact) mass is 490 g/mol. The maximum absolute atomic E-state index is 12.5. The largest absolute Gasteiger partial charge is 0.507 e. The van der Waals surface area contributed by atoms with Crippen LogP contribution in [0, 0.1) is 12.8 Å². The SMILES string of the molecule is Cc1ccc(CN2CCC(CCNC(=O)/C=C/c3cc(C(C)(C)C)c(O)c(C(C)(C)C)c3)CC2)cc1. The lowest BCUT2D eigenvalue weighted by atomic mass is 9.78. The number of rotatable bonds is 7. The molecule has 4 nitrogen and oxygen atoms in total. The molecule has 0 bridgehead atoms. The molecule has 196 valence electrons. The number of carbonyl (C=O) groups is 1. The Bertz CT molecular complexity index is 1010. The van der Waals surface area contributed by atoms with E-state index in [0.717, 1.165) is 42.7 Å². The van der Waals surface area contributed by atoms with Crippen LogP contribution >= 0.6 is 0 Å². The standard InChI is InChI=1S/C32H46N2O2/c1-23-8-10-25(11-9-23)22-34-18-15-24(16-19-34)14-17-33-29(35)13-12-26-20-27(31(2,3)4)30(36)28(21-26)32(5,6)7/h8-13,20-21,24,36H,14-19,22H2,1-7H3,(H,33,35)/b13-12+. The molecule has 0 atom stereocenters. The third kappa shape index (κ3) is 7.96. The molecule has 3 rings (SSSR count). The van der Waals surface area contributed by atoms with Crippen molar-refractivity contribution < 1.29 is 9.90 Å². The maximum Gasteiger partial charge on any atom is 0.243 e. The molecule has 0 radical (unpaired) electrons. The fourth-order valence-electron chi connectivity index (χ4n) is 4.91. The van der Waals surface area contributed by atoms with Crippen molar-refractivity contribution in [2.24, 2.45) is 5.92 Å². The molecule has 36 heavy (non-hydrogen) atoms. The summed E-state index contributed by atoms with van der Waals surface area (Å²) in [5.41, 5.74) is 5.07. The first kappa shape index (κ1) is 28.0. The predicted molar refractivity (Wildman–Crippen MR) is 151 cm³/mol. The average molecular weight is 491 g/mol. The summed E-state index contributed by atoms with van der Waals surface area (Å²) >= 11 is 0. The van der Waals surface area contributed by atoms with Crippen LogP contribution in [0.2, 0.25) is 0 Å². The molecular weight excluding hydrogens is 444 g/mol. The maximum atomic E-state index is 12.5. The number of amides is 1. The van der Waals surface area contributed by atoms with Crippen molar-refractivity contribution in [1.82, 2.24) is 10.2 Å². The fourth-order valence-corrected chi connectivity index (χ4v) is 4.91. The first-order chi connectivity index (χ1) is 16.8. The smallest absolute Gasteiger partial charge is 0.243 e. The van der Waals surface area contributed by atoms with E-state index < -0.39 is 0 Å².